The number of piperazine rings is 1. The molecule has 158 valence electrons. The van der Waals surface area contributed by atoms with Crippen LogP contribution in [0.1, 0.15) is 17.5 Å². The van der Waals surface area contributed by atoms with Crippen molar-refractivity contribution in [2.24, 2.45) is 5.92 Å². The lowest BCUT2D eigenvalue weighted by Gasteiger charge is -2.37. The first kappa shape index (κ1) is 20.3. The molecule has 2 aliphatic heterocycles. The van der Waals surface area contributed by atoms with Gasteiger partial charge in [0.25, 0.3) is 0 Å². The van der Waals surface area contributed by atoms with Crippen LogP contribution >= 0.6 is 0 Å². The molecule has 2 fully saturated rings. The van der Waals surface area contributed by atoms with E-state index in [2.05, 4.69) is 4.90 Å². The molecule has 2 amide bonds. The van der Waals surface area contributed by atoms with Crippen LogP contribution in [0.4, 0.5) is 11.4 Å². The molecule has 2 saturated heterocycles. The highest BCUT2D eigenvalue weighted by Crippen LogP contribution is 2.30. The van der Waals surface area contributed by atoms with Gasteiger partial charge in [-0.15, -0.1) is 0 Å². The lowest BCUT2D eigenvalue weighted by Crippen LogP contribution is -2.50. The number of nitrogens with zero attached hydrogens (tertiary/aromatic N) is 3. The first-order valence-corrected chi connectivity index (χ1v) is 10.5. The first-order chi connectivity index (χ1) is 14.5. The zero-order valence-electron chi connectivity index (χ0n) is 17.9. The summed E-state index contributed by atoms with van der Waals surface area (Å²) in [5.41, 5.74) is 4.33. The molecule has 6 nitrogen and oxygen atoms in total. The van der Waals surface area contributed by atoms with Crippen LogP contribution in [0.5, 0.6) is 5.75 Å². The van der Waals surface area contributed by atoms with Gasteiger partial charge in [-0.05, 0) is 55.3 Å². The summed E-state index contributed by atoms with van der Waals surface area (Å²) in [5.74, 6) is 0.723. The van der Waals surface area contributed by atoms with Gasteiger partial charge in [0.2, 0.25) is 11.8 Å². The van der Waals surface area contributed by atoms with E-state index in [4.69, 9.17) is 4.74 Å². The Hall–Kier alpha value is -3.02. The second-order valence-corrected chi connectivity index (χ2v) is 8.13. The Morgan fingerprint density at radius 1 is 1.00 bits per heavy atom. The van der Waals surface area contributed by atoms with Crippen LogP contribution in [0.25, 0.3) is 0 Å². The van der Waals surface area contributed by atoms with Crippen LogP contribution in [0.3, 0.4) is 0 Å². The van der Waals surface area contributed by atoms with E-state index >= 15 is 0 Å². The van der Waals surface area contributed by atoms with Gasteiger partial charge < -0.3 is 19.4 Å². The van der Waals surface area contributed by atoms with E-state index in [9.17, 15) is 9.59 Å². The van der Waals surface area contributed by atoms with Crippen LogP contribution in [0.15, 0.2) is 42.5 Å². The maximum absolute atomic E-state index is 13.1. The third-order valence-electron chi connectivity index (χ3n) is 6.37. The fourth-order valence-corrected chi connectivity index (χ4v) is 4.37. The normalized spacial score (nSPS) is 19.4. The van der Waals surface area contributed by atoms with Gasteiger partial charge >= 0.3 is 0 Å². The van der Waals surface area contributed by atoms with E-state index in [-0.39, 0.29) is 17.7 Å². The second-order valence-electron chi connectivity index (χ2n) is 8.13. The van der Waals surface area contributed by atoms with Crippen LogP contribution in [-0.2, 0) is 9.59 Å². The summed E-state index contributed by atoms with van der Waals surface area (Å²) in [4.78, 5) is 31.8. The average Bonchev–Trinajstić information content (AvgIpc) is 3.16. The van der Waals surface area contributed by atoms with E-state index in [1.54, 1.807) is 12.0 Å². The average molecular weight is 408 g/mol. The predicted molar refractivity (Wildman–Crippen MR) is 118 cm³/mol. The molecule has 0 bridgehead atoms. The maximum Gasteiger partial charge on any atom is 0.228 e. The molecule has 0 spiro atoms. The van der Waals surface area contributed by atoms with Crippen molar-refractivity contribution in [3.05, 3.63) is 53.6 Å². The number of benzene rings is 2. The Labute approximate surface area is 178 Å². The predicted octanol–water partition coefficient (Wildman–Crippen LogP) is 3.01. The SMILES string of the molecule is COc1ccc(N2CCN(C(=O)C3CC(=O)N(c4cccc(C)c4C)C3)CC2)cc1. The van der Waals surface area contributed by atoms with Crippen molar-refractivity contribution >= 4 is 23.2 Å². The second kappa shape index (κ2) is 8.38. The van der Waals surface area contributed by atoms with Gasteiger partial charge in [0, 0.05) is 50.5 Å². The molecule has 1 unspecified atom stereocenters. The molecule has 0 aromatic heterocycles. The largest absolute Gasteiger partial charge is 0.497 e. The van der Waals surface area contributed by atoms with Crippen molar-refractivity contribution in [2.75, 3.05) is 49.6 Å². The van der Waals surface area contributed by atoms with E-state index in [0.717, 1.165) is 41.3 Å². The molecule has 0 radical (unpaired) electrons. The fourth-order valence-electron chi connectivity index (χ4n) is 4.37. The van der Waals surface area contributed by atoms with E-state index in [1.165, 1.54) is 0 Å². The molecular formula is C24H29N3O3. The Bertz CT molecular complexity index is 933. The minimum atomic E-state index is -0.259. The van der Waals surface area contributed by atoms with E-state index in [1.807, 2.05) is 61.2 Å². The van der Waals surface area contributed by atoms with Crippen molar-refractivity contribution in [3.8, 4) is 5.75 Å². The summed E-state index contributed by atoms with van der Waals surface area (Å²) in [6.45, 7) is 7.49. The molecule has 2 aromatic rings. The lowest BCUT2D eigenvalue weighted by atomic mass is 10.1. The number of anilines is 2. The van der Waals surface area contributed by atoms with Crippen LogP contribution in [-0.4, -0.2) is 56.5 Å². The molecule has 2 aliphatic rings. The Balaban J connectivity index is 1.37. The summed E-state index contributed by atoms with van der Waals surface area (Å²) in [5, 5.41) is 0. The van der Waals surface area contributed by atoms with Crippen molar-refractivity contribution in [1.29, 1.82) is 0 Å². The van der Waals surface area contributed by atoms with Crippen molar-refractivity contribution in [1.82, 2.24) is 4.90 Å². The molecule has 0 saturated carbocycles. The summed E-state index contributed by atoms with van der Waals surface area (Å²) >= 11 is 0. The Kier molecular flexibility index (Phi) is 5.66. The molecule has 6 heteroatoms. The molecule has 0 aliphatic carbocycles. The molecule has 0 N–H and O–H groups in total. The topological polar surface area (TPSA) is 53.1 Å². The minimum Gasteiger partial charge on any atom is -0.497 e. The summed E-state index contributed by atoms with van der Waals surface area (Å²) in [6.07, 6.45) is 0.297. The van der Waals surface area contributed by atoms with Crippen LogP contribution < -0.4 is 14.5 Å². The Morgan fingerprint density at radius 3 is 2.37 bits per heavy atom. The van der Waals surface area contributed by atoms with Gasteiger partial charge in [0.15, 0.2) is 0 Å². The summed E-state index contributed by atoms with van der Waals surface area (Å²) in [7, 11) is 1.66. The first-order valence-electron chi connectivity index (χ1n) is 10.5. The standard InChI is InChI=1S/C24H29N3O3/c1-17-5-4-6-22(18(17)2)27-16-19(15-23(27)28)24(29)26-13-11-25(12-14-26)20-7-9-21(30-3)10-8-20/h4-10,19H,11-16H2,1-3H3. The monoisotopic (exact) mass is 407 g/mol. The van der Waals surface area contributed by atoms with Gasteiger partial charge in [-0.1, -0.05) is 12.1 Å². The van der Waals surface area contributed by atoms with Crippen molar-refractivity contribution in [2.45, 2.75) is 20.3 Å². The fraction of sp³-hybridized carbons (Fsp3) is 0.417. The molecule has 2 heterocycles. The van der Waals surface area contributed by atoms with Gasteiger partial charge in [-0.2, -0.15) is 0 Å². The van der Waals surface area contributed by atoms with Gasteiger partial charge in [-0.25, -0.2) is 0 Å². The molecular weight excluding hydrogens is 378 g/mol. The minimum absolute atomic E-state index is 0.0407. The van der Waals surface area contributed by atoms with E-state index < -0.39 is 0 Å². The zero-order valence-corrected chi connectivity index (χ0v) is 17.9. The number of methoxy groups -OCH3 is 1. The van der Waals surface area contributed by atoms with E-state index in [0.29, 0.717) is 26.1 Å². The number of ether oxygens (including phenoxy) is 1. The molecule has 1 atom stereocenters. The number of carbonyl (C=O) groups excluding carboxylic acids is 2. The van der Waals surface area contributed by atoms with Crippen molar-refractivity contribution < 1.29 is 14.3 Å². The number of amides is 2. The summed E-state index contributed by atoms with van der Waals surface area (Å²) < 4.78 is 5.22. The molecule has 30 heavy (non-hydrogen) atoms. The number of carbonyl (C=O) groups is 2. The van der Waals surface area contributed by atoms with Crippen LogP contribution in [0, 0.1) is 19.8 Å². The van der Waals surface area contributed by atoms with Gasteiger partial charge in [-0.3, -0.25) is 9.59 Å². The summed E-state index contributed by atoms with van der Waals surface area (Å²) in [6, 6.07) is 14.0. The maximum atomic E-state index is 13.1. The highest BCUT2D eigenvalue weighted by Gasteiger charge is 2.38. The van der Waals surface area contributed by atoms with Gasteiger partial charge in [0.1, 0.15) is 5.75 Å². The lowest BCUT2D eigenvalue weighted by molar-refractivity contribution is -0.136. The third-order valence-corrected chi connectivity index (χ3v) is 6.37. The quantitative estimate of drug-likeness (QED) is 0.782. The number of aryl methyl sites for hydroxylation is 1. The molecule has 4 rings (SSSR count). The van der Waals surface area contributed by atoms with Gasteiger partial charge in [0.05, 0.1) is 13.0 Å². The highest BCUT2D eigenvalue weighted by atomic mass is 16.5. The number of hydrogen-bond acceptors (Lipinski definition) is 4. The molecule has 2 aromatic carbocycles. The number of rotatable bonds is 4. The third kappa shape index (κ3) is 3.86. The van der Waals surface area contributed by atoms with Crippen molar-refractivity contribution in [3.63, 3.8) is 0 Å². The highest BCUT2D eigenvalue weighted by molar-refractivity contribution is 6.01. The van der Waals surface area contributed by atoms with Crippen LogP contribution in [0.2, 0.25) is 0 Å². The Morgan fingerprint density at radius 2 is 1.70 bits per heavy atom. The number of hydrogen-bond donors (Lipinski definition) is 0. The zero-order chi connectivity index (χ0) is 21.3. The smallest absolute Gasteiger partial charge is 0.228 e.